The van der Waals surface area contributed by atoms with Gasteiger partial charge in [-0.25, -0.2) is 0 Å². The van der Waals surface area contributed by atoms with Gasteiger partial charge in [-0.05, 0) is 24.5 Å². The van der Waals surface area contributed by atoms with Crippen LogP contribution in [-0.4, -0.2) is 17.0 Å². The fourth-order valence-electron chi connectivity index (χ4n) is 2.35. The lowest BCUT2D eigenvalue weighted by atomic mass is 9.83. The van der Waals surface area contributed by atoms with Crippen molar-refractivity contribution in [2.24, 2.45) is 11.8 Å². The molecular weight excluding hydrogens is 274 g/mol. The molecule has 0 bridgehead atoms. The van der Waals surface area contributed by atoms with Crippen LogP contribution in [0.3, 0.4) is 0 Å². The lowest BCUT2D eigenvalue weighted by Crippen LogP contribution is -2.38. The number of carbonyl (C=O) groups excluding carboxylic acids is 1. The average molecular weight is 291 g/mol. The first-order valence-electron chi connectivity index (χ1n) is 6.53. The van der Waals surface area contributed by atoms with Crippen molar-refractivity contribution < 1.29 is 14.7 Å². The van der Waals surface area contributed by atoms with Crippen LogP contribution in [0.5, 0.6) is 0 Å². The van der Waals surface area contributed by atoms with Crippen LogP contribution in [0.1, 0.15) is 18.4 Å². The maximum absolute atomic E-state index is 12.2. The number of hydrogen-bond donors (Lipinski definition) is 3. The molecule has 1 aliphatic rings. The number of aliphatic carboxylic acids is 1. The minimum absolute atomic E-state index is 0.210. The van der Waals surface area contributed by atoms with Crippen LogP contribution < -0.4 is 5.32 Å². The molecule has 0 spiro atoms. The molecule has 0 saturated carbocycles. The number of amides is 1. The third kappa shape index (κ3) is 3.42. The van der Waals surface area contributed by atoms with E-state index in [1.54, 1.807) is 6.08 Å². The first kappa shape index (κ1) is 14.7. The highest BCUT2D eigenvalue weighted by Crippen LogP contribution is 2.25. The van der Waals surface area contributed by atoms with E-state index in [4.69, 9.17) is 5.11 Å². The van der Waals surface area contributed by atoms with Crippen LogP contribution in [0.4, 0.5) is 0 Å². The summed E-state index contributed by atoms with van der Waals surface area (Å²) in [4.78, 5) is 24.1. The third-order valence-electron chi connectivity index (χ3n) is 3.49. The highest BCUT2D eigenvalue weighted by Gasteiger charge is 2.32. The van der Waals surface area contributed by atoms with Crippen molar-refractivity contribution in [2.75, 3.05) is 0 Å². The molecule has 2 unspecified atom stereocenters. The summed E-state index contributed by atoms with van der Waals surface area (Å²) in [6.45, 7) is 0.366. The monoisotopic (exact) mass is 291 g/mol. The molecule has 0 radical (unpaired) electrons. The molecule has 2 atom stereocenters. The number of rotatable bonds is 4. The van der Waals surface area contributed by atoms with Crippen LogP contribution in [-0.2, 0) is 16.1 Å². The minimum Gasteiger partial charge on any atom is -0.481 e. The second kappa shape index (κ2) is 6.61. The molecule has 1 amide bonds. The molecule has 0 aromatic heterocycles. The normalized spacial score (nSPS) is 21.4. The summed E-state index contributed by atoms with van der Waals surface area (Å²) in [5, 5.41) is 12.0. The Morgan fingerprint density at radius 3 is 2.80 bits per heavy atom. The molecule has 1 aromatic rings. The van der Waals surface area contributed by atoms with Crippen molar-refractivity contribution in [3.05, 3.63) is 42.0 Å². The molecule has 0 heterocycles. The van der Waals surface area contributed by atoms with E-state index in [0.29, 0.717) is 13.0 Å². The van der Waals surface area contributed by atoms with Gasteiger partial charge in [-0.15, -0.1) is 12.6 Å². The Bertz CT molecular complexity index is 542. The van der Waals surface area contributed by atoms with Gasteiger partial charge in [0.2, 0.25) is 5.91 Å². The summed E-state index contributed by atoms with van der Waals surface area (Å²) in [6.07, 6.45) is 4.75. The van der Waals surface area contributed by atoms with Gasteiger partial charge in [0, 0.05) is 11.4 Å². The van der Waals surface area contributed by atoms with E-state index in [2.05, 4.69) is 17.9 Å². The zero-order chi connectivity index (χ0) is 14.5. The first-order chi connectivity index (χ1) is 9.59. The zero-order valence-electron chi connectivity index (χ0n) is 11.0. The summed E-state index contributed by atoms with van der Waals surface area (Å²) in [7, 11) is 0. The Morgan fingerprint density at radius 1 is 1.35 bits per heavy atom. The topological polar surface area (TPSA) is 66.4 Å². The zero-order valence-corrected chi connectivity index (χ0v) is 11.8. The molecule has 0 fully saturated rings. The number of carboxylic acid groups (broad SMARTS) is 1. The fraction of sp³-hybridized carbons (Fsp3) is 0.333. The van der Waals surface area contributed by atoms with Crippen LogP contribution in [0.15, 0.2) is 41.3 Å². The Morgan fingerprint density at radius 2 is 2.10 bits per heavy atom. The molecule has 0 saturated heterocycles. The van der Waals surface area contributed by atoms with Gasteiger partial charge in [0.15, 0.2) is 0 Å². The molecule has 5 heteroatoms. The maximum atomic E-state index is 12.2. The van der Waals surface area contributed by atoms with Gasteiger partial charge in [-0.3, -0.25) is 9.59 Å². The maximum Gasteiger partial charge on any atom is 0.311 e. The second-order valence-electron chi connectivity index (χ2n) is 4.82. The number of nitrogens with one attached hydrogen (secondary N) is 1. The largest absolute Gasteiger partial charge is 0.481 e. The Kier molecular flexibility index (Phi) is 4.84. The molecule has 2 rings (SSSR count). The summed E-state index contributed by atoms with van der Waals surface area (Å²) in [6, 6.07) is 7.50. The number of thiol groups is 1. The standard InChI is InChI=1S/C15H17NO3S/c17-14(11-6-2-3-7-12(11)15(18)19)16-9-10-5-1-4-8-13(10)20/h1,3-5,7-8,11-12,20H,2,6,9H2,(H,16,17)(H,18,19). The second-order valence-corrected chi connectivity index (χ2v) is 5.30. The van der Waals surface area contributed by atoms with E-state index in [9.17, 15) is 9.59 Å². The molecule has 1 aromatic carbocycles. The number of carboxylic acids is 1. The van der Waals surface area contributed by atoms with E-state index < -0.39 is 17.8 Å². The fourth-order valence-corrected chi connectivity index (χ4v) is 2.59. The highest BCUT2D eigenvalue weighted by atomic mass is 32.1. The first-order valence-corrected chi connectivity index (χ1v) is 6.98. The van der Waals surface area contributed by atoms with Gasteiger partial charge in [0.05, 0.1) is 11.8 Å². The number of allylic oxidation sites excluding steroid dienone is 1. The van der Waals surface area contributed by atoms with Gasteiger partial charge in [-0.1, -0.05) is 30.4 Å². The molecule has 20 heavy (non-hydrogen) atoms. The summed E-state index contributed by atoms with van der Waals surface area (Å²) < 4.78 is 0. The van der Waals surface area contributed by atoms with E-state index in [1.165, 1.54) is 0 Å². The molecule has 106 valence electrons. The summed E-state index contributed by atoms with van der Waals surface area (Å²) in [5.74, 6) is -2.38. The van der Waals surface area contributed by atoms with Crippen LogP contribution in [0.25, 0.3) is 0 Å². The predicted molar refractivity (Wildman–Crippen MR) is 78.5 cm³/mol. The average Bonchev–Trinajstić information content (AvgIpc) is 2.46. The van der Waals surface area contributed by atoms with E-state index in [-0.39, 0.29) is 5.91 Å². The van der Waals surface area contributed by atoms with Crippen molar-refractivity contribution >= 4 is 24.5 Å². The third-order valence-corrected chi connectivity index (χ3v) is 3.92. The minimum atomic E-state index is -0.948. The van der Waals surface area contributed by atoms with Crippen molar-refractivity contribution in [1.29, 1.82) is 0 Å². The number of carbonyl (C=O) groups is 2. The van der Waals surface area contributed by atoms with E-state index >= 15 is 0 Å². The van der Waals surface area contributed by atoms with Crippen molar-refractivity contribution in [1.82, 2.24) is 5.32 Å². The molecule has 2 N–H and O–H groups in total. The molecular formula is C15H17NO3S. The van der Waals surface area contributed by atoms with Crippen LogP contribution in [0.2, 0.25) is 0 Å². The molecule has 1 aliphatic carbocycles. The van der Waals surface area contributed by atoms with Gasteiger partial charge in [0.1, 0.15) is 0 Å². The molecule has 4 nitrogen and oxygen atoms in total. The van der Waals surface area contributed by atoms with Gasteiger partial charge < -0.3 is 10.4 Å². The van der Waals surface area contributed by atoms with Crippen molar-refractivity contribution in [2.45, 2.75) is 24.3 Å². The van der Waals surface area contributed by atoms with E-state index in [0.717, 1.165) is 16.9 Å². The molecule has 0 aliphatic heterocycles. The lowest BCUT2D eigenvalue weighted by molar-refractivity contribution is -0.145. The van der Waals surface area contributed by atoms with Crippen molar-refractivity contribution in [3.8, 4) is 0 Å². The lowest BCUT2D eigenvalue weighted by Gasteiger charge is -2.23. The van der Waals surface area contributed by atoms with Crippen molar-refractivity contribution in [3.63, 3.8) is 0 Å². The summed E-state index contributed by atoms with van der Waals surface area (Å²) >= 11 is 4.32. The van der Waals surface area contributed by atoms with Gasteiger partial charge in [-0.2, -0.15) is 0 Å². The Labute approximate surface area is 123 Å². The Hall–Kier alpha value is -1.75. The highest BCUT2D eigenvalue weighted by molar-refractivity contribution is 7.80. The predicted octanol–water partition coefficient (Wildman–Crippen LogP) is 2.26. The van der Waals surface area contributed by atoms with Gasteiger partial charge >= 0.3 is 5.97 Å². The smallest absolute Gasteiger partial charge is 0.311 e. The quantitative estimate of drug-likeness (QED) is 0.589. The van der Waals surface area contributed by atoms with E-state index in [1.807, 2.05) is 30.3 Å². The Balaban J connectivity index is 1.99. The van der Waals surface area contributed by atoms with Crippen LogP contribution in [0, 0.1) is 11.8 Å². The van der Waals surface area contributed by atoms with Crippen LogP contribution >= 0.6 is 12.6 Å². The number of hydrogen-bond acceptors (Lipinski definition) is 3. The number of benzene rings is 1. The SMILES string of the molecule is O=C(O)C1C=CCCC1C(=O)NCc1ccccc1S. The van der Waals surface area contributed by atoms with Gasteiger partial charge in [0.25, 0.3) is 0 Å². The summed E-state index contributed by atoms with van der Waals surface area (Å²) in [5.41, 5.74) is 0.919.